The summed E-state index contributed by atoms with van der Waals surface area (Å²) in [6.07, 6.45) is -1.94. The Morgan fingerprint density at radius 3 is 2.40 bits per heavy atom. The summed E-state index contributed by atoms with van der Waals surface area (Å²) in [5.41, 5.74) is 4.88. The average Bonchev–Trinajstić information content (AvgIpc) is 2.14. The Balaban J connectivity index is 2.57. The number of β-amino-alcohol motifs (C(OH)–C–C–N with tert-alkyl or cyclic N) is 1. The molecule has 3 atom stereocenters. The number of nitrogens with two attached hydrogens (primary N) is 1. The molecule has 1 amide bonds. The molecule has 1 aliphatic rings. The van der Waals surface area contributed by atoms with E-state index in [1.165, 1.54) is 0 Å². The molecular weight excluding hydrogens is 136 g/mol. The molecule has 0 aromatic rings. The molecule has 0 aliphatic carbocycles. The van der Waals surface area contributed by atoms with E-state index in [2.05, 4.69) is 5.32 Å². The lowest BCUT2D eigenvalue weighted by molar-refractivity contribution is -0.122. The second kappa shape index (κ2) is 2.53. The standard InChI is InChI=1S/C5H10N2O3/c6-5(10)3-4(9)2(8)1-7-3/h2-4,7-9H,1H2,(H2,6,10)/t2-,3-,4+/m1/s1. The van der Waals surface area contributed by atoms with Crippen LogP contribution in [0.15, 0.2) is 0 Å². The molecule has 5 N–H and O–H groups in total. The van der Waals surface area contributed by atoms with Gasteiger partial charge in [0, 0.05) is 6.54 Å². The smallest absolute Gasteiger partial charge is 0.237 e. The molecule has 5 nitrogen and oxygen atoms in total. The molecule has 1 rings (SSSR count). The lowest BCUT2D eigenvalue weighted by Crippen LogP contribution is -2.44. The van der Waals surface area contributed by atoms with Crippen molar-refractivity contribution < 1.29 is 15.0 Å². The van der Waals surface area contributed by atoms with E-state index in [4.69, 9.17) is 15.9 Å². The Hall–Kier alpha value is -0.650. The summed E-state index contributed by atoms with van der Waals surface area (Å²) in [6, 6.07) is -0.796. The van der Waals surface area contributed by atoms with Crippen LogP contribution in [-0.2, 0) is 4.79 Å². The number of hydrogen-bond acceptors (Lipinski definition) is 4. The number of aliphatic hydroxyl groups is 2. The topological polar surface area (TPSA) is 95.6 Å². The average molecular weight is 146 g/mol. The third kappa shape index (κ3) is 1.11. The first-order valence-electron chi connectivity index (χ1n) is 3.02. The second-order valence-corrected chi connectivity index (χ2v) is 2.35. The van der Waals surface area contributed by atoms with Crippen molar-refractivity contribution in [1.29, 1.82) is 0 Å². The van der Waals surface area contributed by atoms with Gasteiger partial charge in [0.15, 0.2) is 0 Å². The molecule has 0 aromatic carbocycles. The lowest BCUT2D eigenvalue weighted by atomic mass is 10.1. The first-order chi connectivity index (χ1) is 4.63. The van der Waals surface area contributed by atoms with Crippen LogP contribution in [0.4, 0.5) is 0 Å². The van der Waals surface area contributed by atoms with Gasteiger partial charge in [-0.25, -0.2) is 0 Å². The van der Waals surface area contributed by atoms with Gasteiger partial charge in [0.1, 0.15) is 12.1 Å². The van der Waals surface area contributed by atoms with Crippen molar-refractivity contribution >= 4 is 5.91 Å². The molecule has 1 saturated heterocycles. The van der Waals surface area contributed by atoms with Crippen LogP contribution in [0.5, 0.6) is 0 Å². The molecule has 0 bridgehead atoms. The molecule has 5 heteroatoms. The van der Waals surface area contributed by atoms with E-state index in [0.29, 0.717) is 0 Å². The maximum atomic E-state index is 10.4. The van der Waals surface area contributed by atoms with Crippen LogP contribution in [0.1, 0.15) is 0 Å². The highest BCUT2D eigenvalue weighted by Gasteiger charge is 2.36. The lowest BCUT2D eigenvalue weighted by Gasteiger charge is -2.10. The number of carbonyl (C=O) groups excluding carboxylic acids is 1. The van der Waals surface area contributed by atoms with E-state index in [1.807, 2.05) is 0 Å². The summed E-state index contributed by atoms with van der Waals surface area (Å²) in [5, 5.41) is 20.5. The highest BCUT2D eigenvalue weighted by atomic mass is 16.3. The van der Waals surface area contributed by atoms with Crippen molar-refractivity contribution in [3.05, 3.63) is 0 Å². The third-order valence-corrected chi connectivity index (χ3v) is 1.59. The number of hydrogen-bond donors (Lipinski definition) is 4. The van der Waals surface area contributed by atoms with Crippen molar-refractivity contribution in [2.45, 2.75) is 18.2 Å². The fraction of sp³-hybridized carbons (Fsp3) is 0.800. The highest BCUT2D eigenvalue weighted by molar-refractivity contribution is 5.81. The van der Waals surface area contributed by atoms with E-state index in [9.17, 15) is 4.79 Å². The minimum absolute atomic E-state index is 0.217. The van der Waals surface area contributed by atoms with Crippen molar-refractivity contribution in [2.75, 3.05) is 6.54 Å². The molecular formula is C5H10N2O3. The van der Waals surface area contributed by atoms with Crippen LogP contribution in [0.3, 0.4) is 0 Å². The zero-order chi connectivity index (χ0) is 7.72. The predicted molar refractivity (Wildman–Crippen MR) is 33.0 cm³/mol. The number of aliphatic hydroxyl groups excluding tert-OH is 2. The highest BCUT2D eigenvalue weighted by Crippen LogP contribution is 2.06. The molecule has 58 valence electrons. The van der Waals surface area contributed by atoms with Crippen molar-refractivity contribution in [2.24, 2.45) is 5.73 Å². The maximum absolute atomic E-state index is 10.4. The molecule has 10 heavy (non-hydrogen) atoms. The van der Waals surface area contributed by atoms with Crippen LogP contribution in [0.25, 0.3) is 0 Å². The quantitative estimate of drug-likeness (QED) is 0.320. The Bertz CT molecular complexity index is 150. The van der Waals surface area contributed by atoms with E-state index >= 15 is 0 Å². The second-order valence-electron chi connectivity index (χ2n) is 2.35. The molecule has 1 heterocycles. The van der Waals surface area contributed by atoms with Gasteiger partial charge in [-0.2, -0.15) is 0 Å². The van der Waals surface area contributed by atoms with Crippen molar-refractivity contribution in [1.82, 2.24) is 5.32 Å². The molecule has 0 spiro atoms. The van der Waals surface area contributed by atoms with Crippen LogP contribution >= 0.6 is 0 Å². The van der Waals surface area contributed by atoms with Crippen molar-refractivity contribution in [3.8, 4) is 0 Å². The molecule has 0 aromatic heterocycles. The summed E-state index contributed by atoms with van der Waals surface area (Å²) < 4.78 is 0. The van der Waals surface area contributed by atoms with Crippen LogP contribution in [-0.4, -0.2) is 40.9 Å². The first kappa shape index (κ1) is 7.46. The zero-order valence-electron chi connectivity index (χ0n) is 5.32. The zero-order valence-corrected chi connectivity index (χ0v) is 5.32. The Morgan fingerprint density at radius 2 is 2.20 bits per heavy atom. The number of nitrogens with one attached hydrogen (secondary N) is 1. The van der Waals surface area contributed by atoms with E-state index in [1.54, 1.807) is 0 Å². The van der Waals surface area contributed by atoms with Gasteiger partial charge in [-0.15, -0.1) is 0 Å². The van der Waals surface area contributed by atoms with Crippen LogP contribution in [0.2, 0.25) is 0 Å². The van der Waals surface area contributed by atoms with Gasteiger partial charge in [-0.3, -0.25) is 4.79 Å². The van der Waals surface area contributed by atoms with E-state index in [-0.39, 0.29) is 6.54 Å². The molecule has 0 unspecified atom stereocenters. The normalized spacial score (nSPS) is 40.0. The fourth-order valence-corrected chi connectivity index (χ4v) is 0.980. The SMILES string of the molecule is NC(=O)[C@@H]1NC[C@@H](O)[C@@H]1O. The summed E-state index contributed by atoms with van der Waals surface area (Å²) in [5.74, 6) is -0.635. The van der Waals surface area contributed by atoms with Gasteiger partial charge in [0.25, 0.3) is 0 Å². The van der Waals surface area contributed by atoms with Gasteiger partial charge in [0.05, 0.1) is 6.10 Å². The number of carbonyl (C=O) groups is 1. The van der Waals surface area contributed by atoms with Gasteiger partial charge < -0.3 is 21.3 Å². The summed E-state index contributed by atoms with van der Waals surface area (Å²) in [7, 11) is 0. The number of rotatable bonds is 1. The number of primary amides is 1. The van der Waals surface area contributed by atoms with E-state index in [0.717, 1.165) is 0 Å². The van der Waals surface area contributed by atoms with Crippen molar-refractivity contribution in [3.63, 3.8) is 0 Å². The molecule has 1 aliphatic heterocycles. The first-order valence-corrected chi connectivity index (χ1v) is 3.02. The predicted octanol–water partition coefficient (Wildman–Crippen LogP) is -2.83. The minimum Gasteiger partial charge on any atom is -0.389 e. The largest absolute Gasteiger partial charge is 0.389 e. The summed E-state index contributed by atoms with van der Waals surface area (Å²) >= 11 is 0. The Kier molecular flexibility index (Phi) is 1.89. The van der Waals surface area contributed by atoms with Crippen LogP contribution in [0, 0.1) is 0 Å². The fourth-order valence-electron chi connectivity index (χ4n) is 0.980. The van der Waals surface area contributed by atoms with Gasteiger partial charge in [-0.05, 0) is 0 Å². The third-order valence-electron chi connectivity index (χ3n) is 1.59. The molecule has 0 saturated carbocycles. The monoisotopic (exact) mass is 146 g/mol. The minimum atomic E-state index is -1.06. The maximum Gasteiger partial charge on any atom is 0.237 e. The van der Waals surface area contributed by atoms with E-state index < -0.39 is 24.2 Å². The van der Waals surface area contributed by atoms with Crippen LogP contribution < -0.4 is 11.1 Å². The number of amides is 1. The summed E-state index contributed by atoms with van der Waals surface area (Å²) in [4.78, 5) is 10.4. The summed E-state index contributed by atoms with van der Waals surface area (Å²) in [6.45, 7) is 0.217. The molecule has 0 radical (unpaired) electrons. The van der Waals surface area contributed by atoms with Gasteiger partial charge in [-0.1, -0.05) is 0 Å². The Morgan fingerprint density at radius 1 is 1.60 bits per heavy atom. The Labute approximate surface area is 57.8 Å². The molecule has 1 fully saturated rings. The van der Waals surface area contributed by atoms with Gasteiger partial charge in [0.2, 0.25) is 5.91 Å². The van der Waals surface area contributed by atoms with Gasteiger partial charge >= 0.3 is 0 Å².